The zero-order chi connectivity index (χ0) is 17.9. The first-order valence-corrected chi connectivity index (χ1v) is 8.89. The van der Waals surface area contributed by atoms with E-state index >= 15 is 0 Å². The molecule has 0 aliphatic carbocycles. The molecule has 6 nitrogen and oxygen atoms in total. The molecule has 1 saturated heterocycles. The highest BCUT2D eigenvalue weighted by atomic mass is 16.3. The number of aromatic nitrogens is 2. The van der Waals surface area contributed by atoms with Crippen molar-refractivity contribution >= 4 is 5.91 Å². The van der Waals surface area contributed by atoms with Crippen LogP contribution in [0, 0.1) is 0 Å². The number of rotatable bonds is 3. The van der Waals surface area contributed by atoms with E-state index in [-0.39, 0.29) is 5.91 Å². The fourth-order valence-electron chi connectivity index (χ4n) is 3.26. The van der Waals surface area contributed by atoms with Crippen LogP contribution in [-0.2, 0) is 0 Å². The predicted molar refractivity (Wildman–Crippen MR) is 99.3 cm³/mol. The van der Waals surface area contributed by atoms with Crippen LogP contribution >= 0.6 is 0 Å². The molecule has 0 radical (unpaired) electrons. The highest BCUT2D eigenvalue weighted by Gasteiger charge is 2.24. The summed E-state index contributed by atoms with van der Waals surface area (Å²) in [5.74, 6) is 0.666. The lowest BCUT2D eigenvalue weighted by Crippen LogP contribution is -2.35. The fourth-order valence-corrected chi connectivity index (χ4v) is 3.26. The molecular weight excluding hydrogens is 328 g/mol. The zero-order valence-corrected chi connectivity index (χ0v) is 14.8. The molecule has 0 N–H and O–H groups in total. The van der Waals surface area contributed by atoms with Crippen molar-refractivity contribution in [2.45, 2.75) is 6.42 Å². The van der Waals surface area contributed by atoms with Gasteiger partial charge in [-0.15, -0.1) is 0 Å². The Labute approximate surface area is 152 Å². The second-order valence-corrected chi connectivity index (χ2v) is 6.59. The largest absolute Gasteiger partial charge is 0.463 e. The molecule has 3 heterocycles. The lowest BCUT2D eigenvalue weighted by atomic mass is 10.2. The number of benzene rings is 1. The minimum atomic E-state index is 0.00876. The van der Waals surface area contributed by atoms with E-state index in [2.05, 4.69) is 17.0 Å². The zero-order valence-electron chi connectivity index (χ0n) is 14.8. The van der Waals surface area contributed by atoms with E-state index in [0.717, 1.165) is 38.3 Å². The monoisotopic (exact) mass is 350 g/mol. The van der Waals surface area contributed by atoms with Gasteiger partial charge in [-0.3, -0.25) is 4.79 Å². The lowest BCUT2D eigenvalue weighted by molar-refractivity contribution is 0.0753. The van der Waals surface area contributed by atoms with Gasteiger partial charge in [-0.2, -0.15) is 5.10 Å². The summed E-state index contributed by atoms with van der Waals surface area (Å²) in [5, 5.41) is 4.64. The maximum atomic E-state index is 13.3. The second kappa shape index (κ2) is 7.17. The van der Waals surface area contributed by atoms with E-state index in [9.17, 15) is 4.79 Å². The lowest BCUT2D eigenvalue weighted by Gasteiger charge is -2.20. The molecule has 3 aromatic rings. The number of hydrogen-bond donors (Lipinski definition) is 0. The minimum Gasteiger partial charge on any atom is -0.463 e. The van der Waals surface area contributed by atoms with Crippen LogP contribution in [0.2, 0.25) is 0 Å². The van der Waals surface area contributed by atoms with Crippen molar-refractivity contribution in [1.82, 2.24) is 19.6 Å². The first-order valence-electron chi connectivity index (χ1n) is 8.89. The number of hydrogen-bond acceptors (Lipinski definition) is 4. The first kappa shape index (κ1) is 16.6. The van der Waals surface area contributed by atoms with E-state index in [0.29, 0.717) is 17.1 Å². The van der Waals surface area contributed by atoms with Gasteiger partial charge in [-0.05, 0) is 44.3 Å². The molecule has 1 fully saturated rings. The average Bonchev–Trinajstić information content (AvgIpc) is 3.29. The summed E-state index contributed by atoms with van der Waals surface area (Å²) in [7, 11) is 2.09. The summed E-state index contributed by atoms with van der Waals surface area (Å²) in [6.07, 6.45) is 2.59. The molecule has 2 aromatic heterocycles. The summed E-state index contributed by atoms with van der Waals surface area (Å²) in [5.41, 5.74) is 2.09. The molecule has 0 bridgehead atoms. The molecule has 134 valence electrons. The van der Waals surface area contributed by atoms with Crippen molar-refractivity contribution in [2.24, 2.45) is 0 Å². The van der Waals surface area contributed by atoms with Crippen molar-refractivity contribution in [3.05, 3.63) is 60.5 Å². The molecule has 1 aliphatic rings. The van der Waals surface area contributed by atoms with Crippen LogP contribution in [-0.4, -0.2) is 58.7 Å². The summed E-state index contributed by atoms with van der Waals surface area (Å²) in [4.78, 5) is 17.4. The Kier molecular flexibility index (Phi) is 4.58. The van der Waals surface area contributed by atoms with Crippen molar-refractivity contribution < 1.29 is 9.21 Å². The Morgan fingerprint density at radius 3 is 2.65 bits per heavy atom. The summed E-state index contributed by atoms with van der Waals surface area (Å²) < 4.78 is 7.19. The Hall–Kier alpha value is -2.86. The summed E-state index contributed by atoms with van der Waals surface area (Å²) >= 11 is 0. The quantitative estimate of drug-likeness (QED) is 0.729. The van der Waals surface area contributed by atoms with E-state index < -0.39 is 0 Å². The van der Waals surface area contributed by atoms with Gasteiger partial charge < -0.3 is 14.2 Å². The van der Waals surface area contributed by atoms with Crippen LogP contribution in [0.15, 0.2) is 59.2 Å². The third-order valence-electron chi connectivity index (χ3n) is 4.71. The van der Waals surface area contributed by atoms with Gasteiger partial charge in [0.15, 0.2) is 5.76 Å². The van der Waals surface area contributed by atoms with Crippen LogP contribution in [0.1, 0.15) is 16.9 Å². The molecule has 6 heteroatoms. The van der Waals surface area contributed by atoms with Crippen molar-refractivity contribution in [2.75, 3.05) is 33.2 Å². The van der Waals surface area contributed by atoms with Gasteiger partial charge in [0.2, 0.25) is 0 Å². The van der Waals surface area contributed by atoms with Gasteiger partial charge in [-0.25, -0.2) is 4.68 Å². The van der Waals surface area contributed by atoms with Gasteiger partial charge in [0.05, 0.1) is 12.0 Å². The average molecular weight is 350 g/mol. The SMILES string of the molecule is CN1CCCN(C(=O)c2cc(-c3ccco3)nn2-c2ccccc2)CC1. The van der Waals surface area contributed by atoms with Crippen molar-refractivity contribution in [3.63, 3.8) is 0 Å². The highest BCUT2D eigenvalue weighted by molar-refractivity contribution is 5.94. The third-order valence-corrected chi connectivity index (χ3v) is 4.71. The van der Waals surface area contributed by atoms with Crippen molar-refractivity contribution in [3.8, 4) is 17.1 Å². The van der Waals surface area contributed by atoms with Crippen LogP contribution in [0.3, 0.4) is 0 Å². The van der Waals surface area contributed by atoms with Crippen LogP contribution < -0.4 is 0 Å². The van der Waals surface area contributed by atoms with Crippen LogP contribution in [0.5, 0.6) is 0 Å². The number of furan rings is 1. The van der Waals surface area contributed by atoms with Gasteiger partial charge in [-0.1, -0.05) is 18.2 Å². The maximum absolute atomic E-state index is 13.3. The Morgan fingerprint density at radius 2 is 1.88 bits per heavy atom. The van der Waals surface area contributed by atoms with E-state index in [1.165, 1.54) is 0 Å². The van der Waals surface area contributed by atoms with Crippen molar-refractivity contribution in [1.29, 1.82) is 0 Å². The van der Waals surface area contributed by atoms with E-state index in [1.807, 2.05) is 53.4 Å². The van der Waals surface area contributed by atoms with Crippen LogP contribution in [0.4, 0.5) is 0 Å². The summed E-state index contributed by atoms with van der Waals surface area (Å²) in [6, 6.07) is 15.2. The Bertz CT molecular complexity index is 871. The number of carbonyl (C=O) groups excluding carboxylic acids is 1. The van der Waals surface area contributed by atoms with Gasteiger partial charge in [0.1, 0.15) is 11.4 Å². The number of carbonyl (C=O) groups is 1. The first-order chi connectivity index (χ1) is 12.7. The molecule has 1 aromatic carbocycles. The van der Waals surface area contributed by atoms with Gasteiger partial charge in [0.25, 0.3) is 5.91 Å². The van der Waals surface area contributed by atoms with E-state index in [1.54, 1.807) is 10.9 Å². The van der Waals surface area contributed by atoms with Gasteiger partial charge in [0, 0.05) is 25.7 Å². The minimum absolute atomic E-state index is 0.00876. The molecule has 0 atom stereocenters. The molecule has 4 rings (SSSR count). The normalized spacial score (nSPS) is 15.8. The molecule has 26 heavy (non-hydrogen) atoms. The smallest absolute Gasteiger partial charge is 0.272 e. The molecule has 0 unspecified atom stereocenters. The molecule has 1 aliphatic heterocycles. The Balaban J connectivity index is 1.73. The third kappa shape index (κ3) is 3.28. The maximum Gasteiger partial charge on any atom is 0.272 e. The van der Waals surface area contributed by atoms with Crippen LogP contribution in [0.25, 0.3) is 17.1 Å². The predicted octanol–water partition coefficient (Wildman–Crippen LogP) is 2.91. The number of nitrogens with zero attached hydrogens (tertiary/aromatic N) is 4. The summed E-state index contributed by atoms with van der Waals surface area (Å²) in [6.45, 7) is 3.39. The second-order valence-electron chi connectivity index (χ2n) is 6.59. The number of amides is 1. The Morgan fingerprint density at radius 1 is 1.04 bits per heavy atom. The fraction of sp³-hybridized carbons (Fsp3) is 0.300. The molecule has 1 amide bonds. The van der Waals surface area contributed by atoms with E-state index in [4.69, 9.17) is 4.42 Å². The number of likely N-dealkylation sites (N-methyl/N-ethyl adjacent to an activating group) is 1. The molecule has 0 saturated carbocycles. The standard InChI is InChI=1S/C20H22N4O2/c1-22-10-6-11-23(13-12-22)20(25)18-15-17(19-9-5-14-26-19)21-24(18)16-7-3-2-4-8-16/h2-5,7-9,14-15H,6,10-13H2,1H3. The number of para-hydroxylation sites is 1. The highest BCUT2D eigenvalue weighted by Crippen LogP contribution is 2.23. The topological polar surface area (TPSA) is 54.5 Å². The van der Waals surface area contributed by atoms with Gasteiger partial charge >= 0.3 is 0 Å². The molecular formula is C20H22N4O2. The molecule has 0 spiro atoms.